The fourth-order valence-electron chi connectivity index (χ4n) is 1.55. The molecule has 0 atom stereocenters. The van der Waals surface area contributed by atoms with Gasteiger partial charge in [0.05, 0.1) is 11.7 Å². The van der Waals surface area contributed by atoms with Gasteiger partial charge >= 0.3 is 0 Å². The van der Waals surface area contributed by atoms with Gasteiger partial charge in [-0.05, 0) is 12.1 Å². The van der Waals surface area contributed by atoms with Crippen LogP contribution in [0.5, 0.6) is 0 Å². The number of hydrogen-bond acceptors (Lipinski definition) is 2. The number of hydrogen-bond donors (Lipinski definition) is 0. The standard InChI is InChI=1S/C11H11IN2O/c1-7(2)11-13-5-9-4-3-8(10(12)15)6-14(9)11/h3-7H,1-2H3. The van der Waals surface area contributed by atoms with E-state index < -0.39 is 0 Å². The van der Waals surface area contributed by atoms with Gasteiger partial charge in [0.25, 0.3) is 0 Å². The van der Waals surface area contributed by atoms with Gasteiger partial charge in [0, 0.05) is 40.3 Å². The largest absolute Gasteiger partial charge is 0.303 e. The summed E-state index contributed by atoms with van der Waals surface area (Å²) in [4.78, 5) is 15.6. The number of imidazole rings is 1. The Morgan fingerprint density at radius 3 is 2.80 bits per heavy atom. The first-order valence-corrected chi connectivity index (χ1v) is 5.84. The van der Waals surface area contributed by atoms with Crippen LogP contribution in [0.3, 0.4) is 0 Å². The minimum Gasteiger partial charge on any atom is -0.303 e. The van der Waals surface area contributed by atoms with Gasteiger partial charge in [-0.25, -0.2) is 4.98 Å². The van der Waals surface area contributed by atoms with Crippen LogP contribution in [0.15, 0.2) is 24.5 Å². The third-order valence-corrected chi connectivity index (χ3v) is 2.92. The summed E-state index contributed by atoms with van der Waals surface area (Å²) >= 11 is 1.80. The Morgan fingerprint density at radius 1 is 1.47 bits per heavy atom. The smallest absolute Gasteiger partial charge is 0.223 e. The van der Waals surface area contributed by atoms with Gasteiger partial charge in [0.2, 0.25) is 3.79 Å². The summed E-state index contributed by atoms with van der Waals surface area (Å²) in [5.41, 5.74) is 1.74. The topological polar surface area (TPSA) is 34.4 Å². The average molecular weight is 314 g/mol. The van der Waals surface area contributed by atoms with E-state index in [0.29, 0.717) is 11.5 Å². The van der Waals surface area contributed by atoms with Crippen LogP contribution in [-0.2, 0) is 0 Å². The van der Waals surface area contributed by atoms with Crippen molar-refractivity contribution in [1.29, 1.82) is 0 Å². The van der Waals surface area contributed by atoms with Crippen LogP contribution in [0.2, 0.25) is 0 Å². The molecule has 0 radical (unpaired) electrons. The predicted molar refractivity (Wildman–Crippen MR) is 67.6 cm³/mol. The molecule has 0 bridgehead atoms. The second-order valence-corrected chi connectivity index (χ2v) is 4.74. The third kappa shape index (κ3) is 1.90. The highest BCUT2D eigenvalue weighted by molar-refractivity contribution is 14.1. The molecule has 0 N–H and O–H groups in total. The molecular weight excluding hydrogens is 303 g/mol. The van der Waals surface area contributed by atoms with Crippen LogP contribution in [-0.4, -0.2) is 13.2 Å². The lowest BCUT2D eigenvalue weighted by atomic mass is 10.2. The molecule has 2 heterocycles. The molecule has 0 amide bonds. The lowest BCUT2D eigenvalue weighted by Crippen LogP contribution is -1.99. The molecule has 3 nitrogen and oxygen atoms in total. The van der Waals surface area contributed by atoms with Crippen molar-refractivity contribution < 1.29 is 4.79 Å². The van der Waals surface area contributed by atoms with Crippen molar-refractivity contribution in [3.05, 3.63) is 35.9 Å². The summed E-state index contributed by atoms with van der Waals surface area (Å²) in [6.45, 7) is 4.18. The Kier molecular flexibility index (Phi) is 2.77. The molecule has 2 aromatic heterocycles. The molecule has 2 rings (SSSR count). The normalized spacial score (nSPS) is 11.2. The molecule has 0 saturated carbocycles. The van der Waals surface area contributed by atoms with E-state index in [1.807, 2.05) is 28.9 Å². The molecule has 0 saturated heterocycles. The first-order valence-electron chi connectivity index (χ1n) is 4.76. The molecule has 0 unspecified atom stereocenters. The number of rotatable bonds is 2. The molecule has 78 valence electrons. The highest BCUT2D eigenvalue weighted by atomic mass is 127. The van der Waals surface area contributed by atoms with Crippen molar-refractivity contribution in [2.24, 2.45) is 0 Å². The summed E-state index contributed by atoms with van der Waals surface area (Å²) < 4.78 is 2.04. The maximum atomic E-state index is 11.2. The van der Waals surface area contributed by atoms with Crippen LogP contribution < -0.4 is 0 Å². The number of fused-ring (bicyclic) bond motifs is 1. The summed E-state index contributed by atoms with van der Waals surface area (Å²) in [6.07, 6.45) is 3.68. The first-order chi connectivity index (χ1) is 7.09. The van der Waals surface area contributed by atoms with Crippen LogP contribution in [0, 0.1) is 0 Å². The molecule has 0 aliphatic rings. The minimum absolute atomic E-state index is 0.0536. The zero-order valence-corrected chi connectivity index (χ0v) is 10.7. The van der Waals surface area contributed by atoms with Crippen molar-refractivity contribution >= 4 is 31.9 Å². The highest BCUT2D eigenvalue weighted by Crippen LogP contribution is 2.17. The number of pyridine rings is 1. The number of nitrogens with zero attached hydrogens (tertiary/aromatic N) is 2. The molecule has 15 heavy (non-hydrogen) atoms. The van der Waals surface area contributed by atoms with E-state index in [2.05, 4.69) is 18.8 Å². The van der Waals surface area contributed by atoms with E-state index in [0.717, 1.165) is 11.3 Å². The number of halogens is 1. The molecule has 0 aliphatic carbocycles. The van der Waals surface area contributed by atoms with E-state index in [1.165, 1.54) is 0 Å². The average Bonchev–Trinajstić information content (AvgIpc) is 2.59. The molecule has 2 aromatic rings. The quantitative estimate of drug-likeness (QED) is 0.631. The molecule has 0 aromatic carbocycles. The third-order valence-electron chi connectivity index (χ3n) is 2.30. The summed E-state index contributed by atoms with van der Waals surface area (Å²) in [5.74, 6) is 1.34. The number of carbonyl (C=O) groups excluding carboxylic acids is 1. The Labute approximate surface area is 102 Å². The van der Waals surface area contributed by atoms with E-state index in [4.69, 9.17) is 0 Å². The fraction of sp³-hybridized carbons (Fsp3) is 0.273. The Bertz CT molecular complexity index is 516. The molecule has 0 aliphatic heterocycles. The Morgan fingerprint density at radius 2 is 2.20 bits per heavy atom. The SMILES string of the molecule is CC(C)c1ncc2ccc(C(=O)I)cn12. The van der Waals surface area contributed by atoms with Crippen LogP contribution >= 0.6 is 22.6 Å². The van der Waals surface area contributed by atoms with Crippen molar-refractivity contribution in [2.75, 3.05) is 0 Å². The molecule has 0 spiro atoms. The first kappa shape index (κ1) is 10.6. The van der Waals surface area contributed by atoms with Crippen molar-refractivity contribution in [3.8, 4) is 0 Å². The van der Waals surface area contributed by atoms with Gasteiger partial charge in [0.1, 0.15) is 5.82 Å². The van der Waals surface area contributed by atoms with E-state index in [9.17, 15) is 4.79 Å². The zero-order chi connectivity index (χ0) is 11.0. The van der Waals surface area contributed by atoms with Gasteiger partial charge in [-0.1, -0.05) is 13.8 Å². The Balaban J connectivity index is 2.66. The predicted octanol–water partition coefficient (Wildman–Crippen LogP) is 3.03. The number of carbonyl (C=O) groups is 1. The number of aromatic nitrogens is 2. The Hall–Kier alpha value is -0.910. The summed E-state index contributed by atoms with van der Waals surface area (Å²) in [5, 5.41) is 0. The molecule has 0 fully saturated rings. The maximum absolute atomic E-state index is 11.2. The summed E-state index contributed by atoms with van der Waals surface area (Å²) in [6, 6.07) is 3.75. The second-order valence-electron chi connectivity index (χ2n) is 3.76. The fourth-order valence-corrected chi connectivity index (χ4v) is 1.87. The van der Waals surface area contributed by atoms with Crippen LogP contribution in [0.4, 0.5) is 0 Å². The monoisotopic (exact) mass is 314 g/mol. The van der Waals surface area contributed by atoms with Gasteiger partial charge in [-0.2, -0.15) is 0 Å². The minimum atomic E-state index is 0.0536. The lowest BCUT2D eigenvalue weighted by molar-refractivity contribution is 0.110. The maximum Gasteiger partial charge on any atom is 0.223 e. The molecule has 4 heteroatoms. The van der Waals surface area contributed by atoms with E-state index in [-0.39, 0.29) is 3.79 Å². The zero-order valence-electron chi connectivity index (χ0n) is 8.57. The highest BCUT2D eigenvalue weighted by Gasteiger charge is 2.09. The van der Waals surface area contributed by atoms with Gasteiger partial charge < -0.3 is 4.40 Å². The lowest BCUT2D eigenvalue weighted by Gasteiger charge is -2.04. The van der Waals surface area contributed by atoms with Crippen molar-refractivity contribution in [1.82, 2.24) is 9.38 Å². The summed E-state index contributed by atoms with van der Waals surface area (Å²) in [7, 11) is 0. The van der Waals surface area contributed by atoms with E-state index >= 15 is 0 Å². The van der Waals surface area contributed by atoms with Gasteiger partial charge in [-0.3, -0.25) is 4.79 Å². The van der Waals surface area contributed by atoms with E-state index in [1.54, 1.807) is 22.6 Å². The van der Waals surface area contributed by atoms with Crippen molar-refractivity contribution in [2.45, 2.75) is 19.8 Å². The van der Waals surface area contributed by atoms with Gasteiger partial charge in [0.15, 0.2) is 0 Å². The molecular formula is C11H11IN2O. The second kappa shape index (κ2) is 3.92. The van der Waals surface area contributed by atoms with Crippen molar-refractivity contribution in [3.63, 3.8) is 0 Å². The van der Waals surface area contributed by atoms with Crippen LogP contribution in [0.25, 0.3) is 5.52 Å². The van der Waals surface area contributed by atoms with Gasteiger partial charge in [-0.15, -0.1) is 0 Å². The van der Waals surface area contributed by atoms with Crippen LogP contribution in [0.1, 0.15) is 35.9 Å².